The molecule has 0 bridgehead atoms. The zero-order chi connectivity index (χ0) is 18.2. The summed E-state index contributed by atoms with van der Waals surface area (Å²) < 4.78 is 5.40. The van der Waals surface area contributed by atoms with Gasteiger partial charge in [-0.15, -0.1) is 0 Å². The lowest BCUT2D eigenvalue weighted by molar-refractivity contribution is 0.404. The largest absolute Gasteiger partial charge is 0.495 e. The summed E-state index contributed by atoms with van der Waals surface area (Å²) in [4.78, 5) is 10.7. The van der Waals surface area contributed by atoms with Crippen molar-refractivity contribution < 1.29 is 4.74 Å². The number of nitrogens with one attached hydrogen (secondary N) is 1. The predicted molar refractivity (Wildman–Crippen MR) is 107 cm³/mol. The maximum absolute atomic E-state index is 5.67. The maximum Gasteiger partial charge on any atom is 0.174 e. The number of methoxy groups -OCH3 is 1. The van der Waals surface area contributed by atoms with E-state index in [1.165, 1.54) is 0 Å². The summed E-state index contributed by atoms with van der Waals surface area (Å²) in [6.45, 7) is 1.22. The number of thiocarbonyl (C=S) groups is 1. The van der Waals surface area contributed by atoms with Crippen LogP contribution in [0.2, 0.25) is 0 Å². The third kappa shape index (κ3) is 4.77. The average molecular weight is 364 g/mol. The van der Waals surface area contributed by atoms with E-state index in [9.17, 15) is 0 Å². The highest BCUT2D eigenvalue weighted by atomic mass is 32.1. The normalized spacial score (nSPS) is 10.2. The number of anilines is 1. The van der Waals surface area contributed by atoms with E-state index in [-0.39, 0.29) is 0 Å². The molecular formula is C20H20N4OS. The van der Waals surface area contributed by atoms with Gasteiger partial charge in [0.1, 0.15) is 5.75 Å². The van der Waals surface area contributed by atoms with E-state index in [1.807, 2.05) is 60.8 Å². The summed E-state index contributed by atoms with van der Waals surface area (Å²) in [5.41, 5.74) is 2.85. The van der Waals surface area contributed by atoms with Crippen LogP contribution in [0.1, 0.15) is 11.3 Å². The molecule has 1 N–H and O–H groups in total. The van der Waals surface area contributed by atoms with Crippen molar-refractivity contribution in [2.24, 2.45) is 0 Å². The summed E-state index contributed by atoms with van der Waals surface area (Å²) in [7, 11) is 1.64. The highest BCUT2D eigenvalue weighted by Gasteiger charge is 2.14. The standard InChI is InChI=1S/C20H20N4OS/c1-25-19-10-3-2-9-18(19)23-20(26)24(14-16-7-6-11-21-13-16)15-17-8-4-5-12-22-17/h2-13H,14-15H2,1H3,(H,23,26). The van der Waals surface area contributed by atoms with Gasteiger partial charge in [0.2, 0.25) is 0 Å². The Morgan fingerprint density at radius 2 is 1.88 bits per heavy atom. The Balaban J connectivity index is 1.80. The molecule has 132 valence electrons. The first-order valence-corrected chi connectivity index (χ1v) is 8.65. The zero-order valence-corrected chi connectivity index (χ0v) is 15.3. The van der Waals surface area contributed by atoms with E-state index in [1.54, 1.807) is 19.5 Å². The van der Waals surface area contributed by atoms with Crippen LogP contribution in [0.3, 0.4) is 0 Å². The molecule has 0 unspecified atom stereocenters. The average Bonchev–Trinajstić information content (AvgIpc) is 2.69. The Bertz CT molecular complexity index is 801. The lowest BCUT2D eigenvalue weighted by Gasteiger charge is -2.26. The molecule has 0 radical (unpaired) electrons. The summed E-state index contributed by atoms with van der Waals surface area (Å²) in [5.74, 6) is 0.744. The van der Waals surface area contributed by atoms with Gasteiger partial charge in [-0.1, -0.05) is 24.3 Å². The molecular weight excluding hydrogens is 344 g/mol. The van der Waals surface area contributed by atoms with Crippen LogP contribution in [0.25, 0.3) is 0 Å². The van der Waals surface area contributed by atoms with Gasteiger partial charge in [-0.3, -0.25) is 9.97 Å². The number of ether oxygens (including phenoxy) is 1. The van der Waals surface area contributed by atoms with Crippen molar-refractivity contribution >= 4 is 23.0 Å². The molecule has 2 aromatic heterocycles. The summed E-state index contributed by atoms with van der Waals surface area (Å²) >= 11 is 5.67. The number of pyridine rings is 2. The van der Waals surface area contributed by atoms with Crippen LogP contribution in [0.4, 0.5) is 5.69 Å². The van der Waals surface area contributed by atoms with Gasteiger partial charge in [-0.05, 0) is 48.1 Å². The molecule has 0 aliphatic rings. The van der Waals surface area contributed by atoms with Gasteiger partial charge in [0.05, 0.1) is 25.0 Å². The Morgan fingerprint density at radius 3 is 2.62 bits per heavy atom. The van der Waals surface area contributed by atoms with Crippen LogP contribution >= 0.6 is 12.2 Å². The third-order valence-electron chi connectivity index (χ3n) is 3.81. The minimum absolute atomic E-state index is 0.594. The van der Waals surface area contributed by atoms with Crippen molar-refractivity contribution in [3.63, 3.8) is 0 Å². The zero-order valence-electron chi connectivity index (χ0n) is 14.5. The molecule has 26 heavy (non-hydrogen) atoms. The van der Waals surface area contributed by atoms with Crippen molar-refractivity contribution in [3.05, 3.63) is 84.4 Å². The molecule has 0 amide bonds. The van der Waals surface area contributed by atoms with Gasteiger partial charge in [-0.2, -0.15) is 0 Å². The molecule has 0 aliphatic carbocycles. The lowest BCUT2D eigenvalue weighted by atomic mass is 10.2. The molecule has 0 spiro atoms. The molecule has 0 atom stereocenters. The first kappa shape index (κ1) is 17.8. The quantitative estimate of drug-likeness (QED) is 0.670. The number of rotatable bonds is 6. The molecule has 1 aromatic carbocycles. The Hall–Kier alpha value is -2.99. The minimum atomic E-state index is 0.594. The van der Waals surface area contributed by atoms with Crippen molar-refractivity contribution in [2.75, 3.05) is 12.4 Å². The molecule has 0 saturated heterocycles. The lowest BCUT2D eigenvalue weighted by Crippen LogP contribution is -2.34. The number of hydrogen-bond donors (Lipinski definition) is 1. The molecule has 0 fully saturated rings. The first-order valence-electron chi connectivity index (χ1n) is 8.24. The van der Waals surface area contributed by atoms with E-state index < -0.39 is 0 Å². The highest BCUT2D eigenvalue weighted by Crippen LogP contribution is 2.24. The number of benzene rings is 1. The summed E-state index contributed by atoms with van der Waals surface area (Å²) in [5, 5.41) is 3.89. The molecule has 0 aliphatic heterocycles. The number of aromatic nitrogens is 2. The van der Waals surface area contributed by atoms with Gasteiger partial charge < -0.3 is 15.0 Å². The SMILES string of the molecule is COc1ccccc1NC(=S)N(Cc1cccnc1)Cc1ccccn1. The predicted octanol–water partition coefficient (Wildman–Crippen LogP) is 3.88. The molecule has 5 nitrogen and oxygen atoms in total. The fourth-order valence-electron chi connectivity index (χ4n) is 2.54. The Kier molecular flexibility index (Phi) is 6.11. The second-order valence-electron chi connectivity index (χ2n) is 5.67. The smallest absolute Gasteiger partial charge is 0.174 e. The van der Waals surface area contributed by atoms with Gasteiger partial charge in [-0.25, -0.2) is 0 Å². The van der Waals surface area contributed by atoms with Crippen molar-refractivity contribution in [1.29, 1.82) is 0 Å². The summed E-state index contributed by atoms with van der Waals surface area (Å²) in [6, 6.07) is 17.5. The van der Waals surface area contributed by atoms with Gasteiger partial charge in [0.15, 0.2) is 5.11 Å². The van der Waals surface area contributed by atoms with Crippen LogP contribution in [0.15, 0.2) is 73.2 Å². The van der Waals surface area contributed by atoms with E-state index >= 15 is 0 Å². The maximum atomic E-state index is 5.67. The number of nitrogens with zero attached hydrogens (tertiary/aromatic N) is 3. The van der Waals surface area contributed by atoms with Crippen LogP contribution in [0.5, 0.6) is 5.75 Å². The van der Waals surface area contributed by atoms with Crippen LogP contribution in [0, 0.1) is 0 Å². The first-order chi connectivity index (χ1) is 12.8. The van der Waals surface area contributed by atoms with Crippen molar-refractivity contribution in [1.82, 2.24) is 14.9 Å². The fraction of sp³-hybridized carbons (Fsp3) is 0.150. The Morgan fingerprint density at radius 1 is 1.04 bits per heavy atom. The number of para-hydroxylation sites is 2. The number of hydrogen-bond acceptors (Lipinski definition) is 4. The van der Waals surface area contributed by atoms with Gasteiger partial charge >= 0.3 is 0 Å². The van der Waals surface area contributed by atoms with E-state index in [0.717, 1.165) is 22.7 Å². The van der Waals surface area contributed by atoms with E-state index in [2.05, 4.69) is 20.2 Å². The molecule has 2 heterocycles. The monoisotopic (exact) mass is 364 g/mol. The van der Waals surface area contributed by atoms with E-state index in [4.69, 9.17) is 17.0 Å². The third-order valence-corrected chi connectivity index (χ3v) is 4.17. The molecule has 3 rings (SSSR count). The molecule has 3 aromatic rings. The Labute approximate surface area is 158 Å². The van der Waals surface area contributed by atoms with Crippen LogP contribution in [-0.4, -0.2) is 27.1 Å². The second-order valence-corrected chi connectivity index (χ2v) is 6.06. The van der Waals surface area contributed by atoms with Crippen molar-refractivity contribution in [2.45, 2.75) is 13.1 Å². The molecule has 0 saturated carbocycles. The van der Waals surface area contributed by atoms with Gasteiger partial charge in [0.25, 0.3) is 0 Å². The fourth-order valence-corrected chi connectivity index (χ4v) is 2.78. The van der Waals surface area contributed by atoms with Gasteiger partial charge in [0, 0.05) is 25.1 Å². The van der Waals surface area contributed by atoms with Crippen molar-refractivity contribution in [3.8, 4) is 5.75 Å². The second kappa shape index (κ2) is 8.92. The molecule has 6 heteroatoms. The van der Waals surface area contributed by atoms with E-state index in [0.29, 0.717) is 18.2 Å². The highest BCUT2D eigenvalue weighted by molar-refractivity contribution is 7.80. The van der Waals surface area contributed by atoms with Crippen LogP contribution < -0.4 is 10.1 Å². The summed E-state index contributed by atoms with van der Waals surface area (Å²) in [6.07, 6.45) is 5.39. The topological polar surface area (TPSA) is 50.3 Å². The minimum Gasteiger partial charge on any atom is -0.495 e. The van der Waals surface area contributed by atoms with Crippen LogP contribution in [-0.2, 0) is 13.1 Å².